The molecule has 0 aromatic heterocycles. The van der Waals surface area contributed by atoms with E-state index in [0.29, 0.717) is 0 Å². The molecule has 2 aliphatic rings. The van der Waals surface area contributed by atoms with Gasteiger partial charge in [0.05, 0.1) is 5.41 Å². The van der Waals surface area contributed by atoms with Crippen LogP contribution in [0.3, 0.4) is 0 Å². The number of piperidine rings is 1. The van der Waals surface area contributed by atoms with E-state index in [2.05, 4.69) is 27.3 Å². The molecule has 0 radical (unpaired) electrons. The van der Waals surface area contributed by atoms with Gasteiger partial charge >= 0.3 is 0 Å². The molecule has 1 atom stereocenters. The molecule has 4 heteroatoms. The molecule has 1 N–H and O–H groups in total. The van der Waals surface area contributed by atoms with Crippen LogP contribution < -0.4 is 10.2 Å². The Hall–Kier alpha value is -0.870. The van der Waals surface area contributed by atoms with Gasteiger partial charge in [-0.05, 0) is 43.1 Å². The van der Waals surface area contributed by atoms with E-state index in [1.54, 1.807) is 4.90 Å². The lowest BCUT2D eigenvalue weighted by Gasteiger charge is -2.32. The average molecular weight is 295 g/mol. The molecule has 2 heterocycles. The number of carbonyl (C=O) groups is 1. The summed E-state index contributed by atoms with van der Waals surface area (Å²) in [5, 5.41) is 3.37. The van der Waals surface area contributed by atoms with Crippen LogP contribution in [-0.4, -0.2) is 26.0 Å². The molecule has 1 amide bonds. The van der Waals surface area contributed by atoms with E-state index in [0.717, 1.165) is 36.1 Å². The lowest BCUT2D eigenvalue weighted by atomic mass is 9.76. The van der Waals surface area contributed by atoms with Crippen molar-refractivity contribution in [3.05, 3.63) is 28.2 Å². The molecule has 1 fully saturated rings. The molecule has 0 saturated carbocycles. The Morgan fingerprint density at radius 2 is 2.29 bits per heavy atom. The van der Waals surface area contributed by atoms with Crippen LogP contribution in [0.4, 0.5) is 5.69 Å². The highest BCUT2D eigenvalue weighted by atomic mass is 79.9. The van der Waals surface area contributed by atoms with E-state index in [4.69, 9.17) is 0 Å². The summed E-state index contributed by atoms with van der Waals surface area (Å²) in [5.74, 6) is 0.234. The number of hydrogen-bond acceptors (Lipinski definition) is 2. The van der Waals surface area contributed by atoms with Crippen LogP contribution >= 0.6 is 15.9 Å². The molecule has 1 spiro atoms. The summed E-state index contributed by atoms with van der Waals surface area (Å²) >= 11 is 3.50. The lowest BCUT2D eigenvalue weighted by molar-refractivity contribution is -0.123. The van der Waals surface area contributed by atoms with E-state index in [9.17, 15) is 4.79 Å². The molecule has 2 aliphatic heterocycles. The maximum atomic E-state index is 12.5. The quantitative estimate of drug-likeness (QED) is 0.794. The number of amides is 1. The van der Waals surface area contributed by atoms with Gasteiger partial charge in [-0.1, -0.05) is 15.9 Å². The third kappa shape index (κ3) is 1.47. The van der Waals surface area contributed by atoms with Crippen molar-refractivity contribution in [3.8, 4) is 0 Å². The van der Waals surface area contributed by atoms with Gasteiger partial charge in [0, 0.05) is 23.8 Å². The van der Waals surface area contributed by atoms with Gasteiger partial charge in [-0.2, -0.15) is 0 Å². The summed E-state index contributed by atoms with van der Waals surface area (Å²) in [6.07, 6.45) is 2.01. The number of nitrogens with one attached hydrogen (secondary N) is 1. The first-order valence-electron chi connectivity index (χ1n) is 5.94. The second kappa shape index (κ2) is 3.82. The van der Waals surface area contributed by atoms with E-state index in [-0.39, 0.29) is 11.3 Å². The molecule has 90 valence electrons. The molecule has 17 heavy (non-hydrogen) atoms. The van der Waals surface area contributed by atoms with Crippen molar-refractivity contribution >= 4 is 27.5 Å². The third-order valence-corrected chi connectivity index (χ3v) is 4.43. The molecule has 1 unspecified atom stereocenters. The van der Waals surface area contributed by atoms with Gasteiger partial charge in [0.1, 0.15) is 0 Å². The summed E-state index contributed by atoms with van der Waals surface area (Å²) in [5.41, 5.74) is 1.90. The highest BCUT2D eigenvalue weighted by molar-refractivity contribution is 9.10. The zero-order valence-corrected chi connectivity index (χ0v) is 11.4. The maximum absolute atomic E-state index is 12.5. The highest BCUT2D eigenvalue weighted by Crippen LogP contribution is 2.45. The fraction of sp³-hybridized carbons (Fsp3) is 0.462. The van der Waals surface area contributed by atoms with Crippen LogP contribution in [-0.2, 0) is 10.2 Å². The van der Waals surface area contributed by atoms with E-state index < -0.39 is 0 Å². The van der Waals surface area contributed by atoms with Crippen molar-refractivity contribution in [2.75, 3.05) is 25.0 Å². The first-order chi connectivity index (χ1) is 8.15. The fourth-order valence-electron chi connectivity index (χ4n) is 3.05. The summed E-state index contributed by atoms with van der Waals surface area (Å²) in [7, 11) is 1.87. The monoisotopic (exact) mass is 294 g/mol. The number of carbonyl (C=O) groups excluding carboxylic acids is 1. The molecule has 0 aliphatic carbocycles. The van der Waals surface area contributed by atoms with Crippen LogP contribution in [0.15, 0.2) is 22.7 Å². The number of halogens is 1. The standard InChI is InChI=1S/C13H15BrN2O/c1-16-11-4-3-9(14)7-10(11)13(12(16)17)5-2-6-15-8-13/h3-4,7,15H,2,5-6,8H2,1H3. The molecule has 1 saturated heterocycles. The van der Waals surface area contributed by atoms with Crippen molar-refractivity contribution in [2.45, 2.75) is 18.3 Å². The number of nitrogens with zero attached hydrogens (tertiary/aromatic N) is 1. The third-order valence-electron chi connectivity index (χ3n) is 3.93. The smallest absolute Gasteiger partial charge is 0.238 e. The number of rotatable bonds is 0. The summed E-state index contributed by atoms with van der Waals surface area (Å²) in [6, 6.07) is 6.13. The largest absolute Gasteiger partial charge is 0.315 e. The van der Waals surface area contributed by atoms with Gasteiger partial charge in [0.15, 0.2) is 0 Å². The maximum Gasteiger partial charge on any atom is 0.238 e. The molecular formula is C13H15BrN2O. The van der Waals surface area contributed by atoms with Crippen molar-refractivity contribution in [2.24, 2.45) is 0 Å². The predicted octanol–water partition coefficient (Wildman–Crippen LogP) is 2.05. The van der Waals surface area contributed by atoms with Gasteiger partial charge in [0.2, 0.25) is 5.91 Å². The molecule has 3 nitrogen and oxygen atoms in total. The summed E-state index contributed by atoms with van der Waals surface area (Å²) in [6.45, 7) is 1.78. The zero-order chi connectivity index (χ0) is 12.0. The molecule has 1 aromatic rings. The van der Waals surface area contributed by atoms with Crippen molar-refractivity contribution < 1.29 is 4.79 Å². The van der Waals surface area contributed by atoms with Gasteiger partial charge in [-0.3, -0.25) is 4.79 Å². The molecule has 1 aromatic carbocycles. The Kier molecular flexibility index (Phi) is 2.52. The Labute approximate surface area is 109 Å². The van der Waals surface area contributed by atoms with E-state index in [1.165, 1.54) is 5.56 Å². The normalized spacial score (nSPS) is 27.6. The summed E-state index contributed by atoms with van der Waals surface area (Å²) in [4.78, 5) is 14.3. The number of benzene rings is 1. The Morgan fingerprint density at radius 3 is 3.00 bits per heavy atom. The average Bonchev–Trinajstić information content (AvgIpc) is 2.54. The van der Waals surface area contributed by atoms with Crippen LogP contribution in [0.1, 0.15) is 18.4 Å². The van der Waals surface area contributed by atoms with Gasteiger partial charge in [-0.25, -0.2) is 0 Å². The zero-order valence-electron chi connectivity index (χ0n) is 9.79. The minimum absolute atomic E-state index is 0.234. The number of anilines is 1. The van der Waals surface area contributed by atoms with Crippen LogP contribution in [0, 0.1) is 0 Å². The topological polar surface area (TPSA) is 32.3 Å². The van der Waals surface area contributed by atoms with E-state index >= 15 is 0 Å². The highest BCUT2D eigenvalue weighted by Gasteiger charge is 2.49. The lowest BCUT2D eigenvalue weighted by Crippen LogP contribution is -2.49. The minimum Gasteiger partial charge on any atom is -0.315 e. The second-order valence-electron chi connectivity index (χ2n) is 4.89. The molecular weight excluding hydrogens is 280 g/mol. The Morgan fingerprint density at radius 1 is 1.47 bits per heavy atom. The Bertz CT molecular complexity index is 480. The van der Waals surface area contributed by atoms with E-state index in [1.807, 2.05) is 19.2 Å². The Balaban J connectivity index is 2.18. The first-order valence-corrected chi connectivity index (χ1v) is 6.73. The van der Waals surface area contributed by atoms with Gasteiger partial charge in [0.25, 0.3) is 0 Å². The van der Waals surface area contributed by atoms with Gasteiger partial charge < -0.3 is 10.2 Å². The van der Waals surface area contributed by atoms with Crippen molar-refractivity contribution in [1.82, 2.24) is 5.32 Å². The SMILES string of the molecule is CN1C(=O)C2(CCCNC2)c2cc(Br)ccc21. The van der Waals surface area contributed by atoms with Crippen molar-refractivity contribution in [1.29, 1.82) is 0 Å². The minimum atomic E-state index is -0.327. The molecule has 3 rings (SSSR count). The summed E-state index contributed by atoms with van der Waals surface area (Å²) < 4.78 is 1.05. The molecule has 0 bridgehead atoms. The van der Waals surface area contributed by atoms with Gasteiger partial charge in [-0.15, -0.1) is 0 Å². The van der Waals surface area contributed by atoms with Crippen LogP contribution in [0.5, 0.6) is 0 Å². The number of fused-ring (bicyclic) bond motifs is 2. The number of likely N-dealkylation sites (N-methyl/N-ethyl adjacent to an activating group) is 1. The van der Waals surface area contributed by atoms with Crippen LogP contribution in [0.2, 0.25) is 0 Å². The first kappa shape index (κ1) is 11.2. The van der Waals surface area contributed by atoms with Crippen molar-refractivity contribution in [3.63, 3.8) is 0 Å². The van der Waals surface area contributed by atoms with Crippen LogP contribution in [0.25, 0.3) is 0 Å². The predicted molar refractivity (Wildman–Crippen MR) is 71.3 cm³/mol. The fourth-order valence-corrected chi connectivity index (χ4v) is 3.41. The second-order valence-corrected chi connectivity index (χ2v) is 5.80. The number of hydrogen-bond donors (Lipinski definition) is 1.